The number of pyridine rings is 1. The highest BCUT2D eigenvalue weighted by molar-refractivity contribution is 9.10. The summed E-state index contributed by atoms with van der Waals surface area (Å²) in [4.78, 5) is 16.2. The maximum atomic E-state index is 12.1. The smallest absolute Gasteiger partial charge is 0.249 e. The molecule has 7 nitrogen and oxygen atoms in total. The van der Waals surface area contributed by atoms with Crippen LogP contribution in [0, 0.1) is 13.8 Å². The van der Waals surface area contributed by atoms with Gasteiger partial charge in [-0.05, 0) is 65.7 Å². The molecule has 1 N–H and O–H groups in total. The van der Waals surface area contributed by atoms with Gasteiger partial charge in [0, 0.05) is 16.7 Å². The second kappa shape index (κ2) is 9.38. The molecule has 1 amide bonds. The third kappa shape index (κ3) is 5.45. The predicted octanol–water partition coefficient (Wildman–Crippen LogP) is 4.69. The summed E-state index contributed by atoms with van der Waals surface area (Å²) in [7, 11) is 1.57. The molecule has 0 aliphatic rings. The zero-order valence-electron chi connectivity index (χ0n) is 16.2. The van der Waals surface area contributed by atoms with Crippen molar-refractivity contribution in [3.8, 4) is 11.5 Å². The van der Waals surface area contributed by atoms with E-state index in [0.29, 0.717) is 23.9 Å². The van der Waals surface area contributed by atoms with Gasteiger partial charge in [-0.1, -0.05) is 11.2 Å². The first-order valence-electron chi connectivity index (χ1n) is 8.79. The van der Waals surface area contributed by atoms with Crippen molar-refractivity contribution in [3.63, 3.8) is 0 Å². The molecule has 2 heterocycles. The maximum absolute atomic E-state index is 12.1. The van der Waals surface area contributed by atoms with Gasteiger partial charge in [0.15, 0.2) is 11.5 Å². The number of aryl methyl sites for hydroxylation is 2. The molecule has 29 heavy (non-hydrogen) atoms. The lowest BCUT2D eigenvalue weighted by molar-refractivity contribution is -0.111. The Kier molecular flexibility index (Phi) is 6.66. The lowest BCUT2D eigenvalue weighted by atomic mass is 10.2. The van der Waals surface area contributed by atoms with Gasteiger partial charge in [-0.25, -0.2) is 4.98 Å². The summed E-state index contributed by atoms with van der Waals surface area (Å²) in [6, 6.07) is 8.95. The predicted molar refractivity (Wildman–Crippen MR) is 113 cm³/mol. The molecule has 0 bridgehead atoms. The fourth-order valence-corrected chi connectivity index (χ4v) is 2.79. The SMILES string of the molecule is COc1cc(/C=C/C(=O)Nc2ccc(Br)cn2)ccc1OCc1c(C)noc1C. The third-order valence-corrected chi connectivity index (χ3v) is 4.62. The average Bonchev–Trinajstić information content (AvgIpc) is 3.04. The van der Waals surface area contributed by atoms with Gasteiger partial charge in [0.1, 0.15) is 18.2 Å². The number of nitrogens with zero attached hydrogens (tertiary/aromatic N) is 2. The molecule has 3 rings (SSSR count). The summed E-state index contributed by atoms with van der Waals surface area (Å²) in [6.45, 7) is 4.04. The number of methoxy groups -OCH3 is 1. The maximum Gasteiger partial charge on any atom is 0.249 e. The Morgan fingerprint density at radius 3 is 2.72 bits per heavy atom. The second-order valence-corrected chi connectivity index (χ2v) is 7.10. The number of anilines is 1. The fraction of sp³-hybridized carbons (Fsp3) is 0.190. The van der Waals surface area contributed by atoms with Crippen molar-refractivity contribution < 1.29 is 18.8 Å². The van der Waals surface area contributed by atoms with Crippen molar-refractivity contribution in [3.05, 3.63) is 69.7 Å². The number of aromatic nitrogens is 2. The molecule has 0 fully saturated rings. The standard InChI is InChI=1S/C21H20BrN3O4/c1-13-17(14(2)29-25-13)12-28-18-7-4-15(10-19(18)27-3)5-9-21(26)24-20-8-6-16(22)11-23-20/h4-11H,12H2,1-3H3,(H,23,24,26)/b9-5+. The number of nitrogens with one attached hydrogen (secondary N) is 1. The molecule has 1 aromatic carbocycles. The Labute approximate surface area is 176 Å². The number of carbonyl (C=O) groups is 1. The molecule has 0 spiro atoms. The molecule has 2 aromatic heterocycles. The molecule has 8 heteroatoms. The van der Waals surface area contributed by atoms with E-state index in [2.05, 4.69) is 31.4 Å². The molecule has 0 aliphatic heterocycles. The van der Waals surface area contributed by atoms with Crippen LogP contribution in [0.4, 0.5) is 5.82 Å². The van der Waals surface area contributed by atoms with Gasteiger partial charge in [-0.15, -0.1) is 0 Å². The van der Waals surface area contributed by atoms with Crippen LogP contribution < -0.4 is 14.8 Å². The topological polar surface area (TPSA) is 86.5 Å². The zero-order valence-corrected chi connectivity index (χ0v) is 17.8. The van der Waals surface area contributed by atoms with Crippen molar-refractivity contribution in [2.45, 2.75) is 20.5 Å². The number of hydrogen-bond acceptors (Lipinski definition) is 6. The van der Waals surface area contributed by atoms with Gasteiger partial charge in [0.25, 0.3) is 0 Å². The lowest BCUT2D eigenvalue weighted by Gasteiger charge is -2.11. The summed E-state index contributed by atoms with van der Waals surface area (Å²) < 4.78 is 17.3. The Morgan fingerprint density at radius 2 is 2.07 bits per heavy atom. The Bertz CT molecular complexity index is 1010. The highest BCUT2D eigenvalue weighted by Crippen LogP contribution is 2.30. The molecule has 3 aromatic rings. The van der Waals surface area contributed by atoms with Crippen LogP contribution in [0.15, 0.2) is 51.6 Å². The molecular weight excluding hydrogens is 438 g/mol. The van der Waals surface area contributed by atoms with Crippen molar-refractivity contribution in [2.24, 2.45) is 0 Å². The zero-order chi connectivity index (χ0) is 20.8. The molecule has 0 atom stereocenters. The van der Waals surface area contributed by atoms with E-state index in [0.717, 1.165) is 27.1 Å². The minimum Gasteiger partial charge on any atom is -0.493 e. The monoisotopic (exact) mass is 457 g/mol. The van der Waals surface area contributed by atoms with Crippen LogP contribution in [0.5, 0.6) is 11.5 Å². The summed E-state index contributed by atoms with van der Waals surface area (Å²) in [5.41, 5.74) is 2.51. The number of ether oxygens (including phenoxy) is 2. The molecular formula is C21H20BrN3O4. The molecule has 0 radical (unpaired) electrons. The number of rotatable bonds is 7. The Morgan fingerprint density at radius 1 is 1.24 bits per heavy atom. The number of hydrogen-bond donors (Lipinski definition) is 1. The summed E-state index contributed by atoms with van der Waals surface area (Å²) >= 11 is 3.30. The van der Waals surface area contributed by atoms with Crippen molar-refractivity contribution in [2.75, 3.05) is 12.4 Å². The van der Waals surface area contributed by atoms with Gasteiger partial charge in [-0.3, -0.25) is 4.79 Å². The van der Waals surface area contributed by atoms with E-state index in [4.69, 9.17) is 14.0 Å². The van der Waals surface area contributed by atoms with E-state index in [1.54, 1.807) is 43.6 Å². The van der Waals surface area contributed by atoms with Gasteiger partial charge < -0.3 is 19.3 Å². The van der Waals surface area contributed by atoms with Crippen molar-refractivity contribution >= 4 is 33.7 Å². The van der Waals surface area contributed by atoms with Crippen LogP contribution in [0.2, 0.25) is 0 Å². The number of carbonyl (C=O) groups excluding carboxylic acids is 1. The molecule has 0 saturated heterocycles. The Hall–Kier alpha value is -3.13. The van der Waals surface area contributed by atoms with Crippen LogP contribution in [0.3, 0.4) is 0 Å². The quantitative estimate of drug-likeness (QED) is 0.517. The summed E-state index contributed by atoms with van der Waals surface area (Å²) in [5.74, 6) is 2.08. The summed E-state index contributed by atoms with van der Waals surface area (Å²) in [5, 5.41) is 6.62. The number of halogens is 1. The highest BCUT2D eigenvalue weighted by atomic mass is 79.9. The largest absolute Gasteiger partial charge is 0.493 e. The van der Waals surface area contributed by atoms with E-state index < -0.39 is 0 Å². The van der Waals surface area contributed by atoms with E-state index in [-0.39, 0.29) is 5.91 Å². The van der Waals surface area contributed by atoms with Gasteiger partial charge in [0.05, 0.1) is 18.4 Å². The van der Waals surface area contributed by atoms with Gasteiger partial charge in [-0.2, -0.15) is 0 Å². The van der Waals surface area contributed by atoms with E-state index >= 15 is 0 Å². The lowest BCUT2D eigenvalue weighted by Crippen LogP contribution is -2.08. The highest BCUT2D eigenvalue weighted by Gasteiger charge is 2.12. The fourth-order valence-electron chi connectivity index (χ4n) is 2.55. The minimum atomic E-state index is -0.280. The third-order valence-electron chi connectivity index (χ3n) is 4.15. The van der Waals surface area contributed by atoms with Crippen LogP contribution >= 0.6 is 15.9 Å². The van der Waals surface area contributed by atoms with Gasteiger partial charge >= 0.3 is 0 Å². The van der Waals surface area contributed by atoms with Crippen molar-refractivity contribution in [1.82, 2.24) is 10.1 Å². The van der Waals surface area contributed by atoms with Crippen LogP contribution in [-0.2, 0) is 11.4 Å². The number of amides is 1. The first-order chi connectivity index (χ1) is 14.0. The van der Waals surface area contributed by atoms with E-state index in [1.807, 2.05) is 19.9 Å². The van der Waals surface area contributed by atoms with Crippen LogP contribution in [0.1, 0.15) is 22.6 Å². The molecule has 0 aliphatic carbocycles. The van der Waals surface area contributed by atoms with Crippen molar-refractivity contribution in [1.29, 1.82) is 0 Å². The average molecular weight is 458 g/mol. The Balaban J connectivity index is 1.65. The molecule has 0 unspecified atom stereocenters. The van der Waals surface area contributed by atoms with Crippen LogP contribution in [-0.4, -0.2) is 23.2 Å². The molecule has 150 valence electrons. The van der Waals surface area contributed by atoms with E-state index in [1.165, 1.54) is 6.08 Å². The number of benzene rings is 1. The normalized spacial score (nSPS) is 10.9. The minimum absolute atomic E-state index is 0.280. The van der Waals surface area contributed by atoms with E-state index in [9.17, 15) is 4.79 Å². The first-order valence-corrected chi connectivity index (χ1v) is 9.59. The first kappa shape index (κ1) is 20.6. The van der Waals surface area contributed by atoms with Gasteiger partial charge in [0.2, 0.25) is 5.91 Å². The second-order valence-electron chi connectivity index (χ2n) is 6.19. The van der Waals surface area contributed by atoms with Crippen LogP contribution in [0.25, 0.3) is 6.08 Å². The molecule has 0 saturated carbocycles. The summed E-state index contributed by atoms with van der Waals surface area (Å²) in [6.07, 6.45) is 4.74.